The van der Waals surface area contributed by atoms with E-state index in [-0.39, 0.29) is 0 Å². The number of para-hydroxylation sites is 2. The molecule has 0 saturated carbocycles. The molecule has 0 saturated heterocycles. The van der Waals surface area contributed by atoms with E-state index in [2.05, 4.69) is 113 Å². The van der Waals surface area contributed by atoms with Crippen molar-refractivity contribution in [1.29, 1.82) is 0 Å². The number of nitrogens with one attached hydrogen (secondary N) is 1. The number of rotatable bonds is 3. The monoisotopic (exact) mass is 584 g/mol. The first kappa shape index (κ1) is 24.0. The van der Waals surface area contributed by atoms with Gasteiger partial charge in [-0.3, -0.25) is 0 Å². The number of anilines is 2. The SMILES string of the molecule is C1=C(N(c2ccc3oc4ccccc4c3c2)c2ccc3oc4ccccc4c3c2)c2sc3cc4ccccc4cc3c2CN1. The lowest BCUT2D eigenvalue weighted by Crippen LogP contribution is -2.22. The smallest absolute Gasteiger partial charge is 0.135 e. The summed E-state index contributed by atoms with van der Waals surface area (Å²) >= 11 is 1.87. The largest absolute Gasteiger partial charge is 0.456 e. The van der Waals surface area contributed by atoms with Crippen LogP contribution in [0.15, 0.2) is 136 Å². The minimum absolute atomic E-state index is 0.793. The second kappa shape index (κ2) is 8.99. The van der Waals surface area contributed by atoms with Gasteiger partial charge in [-0.1, -0.05) is 60.7 Å². The molecule has 0 atom stereocenters. The molecule has 9 aromatic rings. The summed E-state index contributed by atoms with van der Waals surface area (Å²) in [6.45, 7) is 0.793. The number of hydrogen-bond acceptors (Lipinski definition) is 5. The van der Waals surface area contributed by atoms with Gasteiger partial charge in [0.1, 0.15) is 22.3 Å². The zero-order valence-corrected chi connectivity index (χ0v) is 24.3. The fraction of sp³-hybridized carbons (Fsp3) is 0.0256. The fourth-order valence-electron chi connectivity index (χ4n) is 6.83. The van der Waals surface area contributed by atoms with Crippen molar-refractivity contribution in [2.45, 2.75) is 6.54 Å². The molecule has 1 N–H and O–H groups in total. The van der Waals surface area contributed by atoms with E-state index in [4.69, 9.17) is 8.83 Å². The molecule has 0 fully saturated rings. The van der Waals surface area contributed by atoms with Gasteiger partial charge in [-0.2, -0.15) is 0 Å². The summed E-state index contributed by atoms with van der Waals surface area (Å²) in [4.78, 5) is 3.66. The predicted octanol–water partition coefficient (Wildman–Crippen LogP) is 11.1. The molecule has 4 heterocycles. The summed E-state index contributed by atoms with van der Waals surface area (Å²) in [5, 5.41) is 11.9. The zero-order valence-electron chi connectivity index (χ0n) is 23.5. The summed E-state index contributed by atoms with van der Waals surface area (Å²) in [7, 11) is 0. The van der Waals surface area contributed by atoms with E-state index in [0.29, 0.717) is 0 Å². The molecule has 1 aliphatic rings. The Morgan fingerprint density at radius 1 is 0.545 bits per heavy atom. The Morgan fingerprint density at radius 2 is 1.11 bits per heavy atom. The molecule has 10 rings (SSSR count). The van der Waals surface area contributed by atoms with Crippen molar-refractivity contribution in [2.24, 2.45) is 0 Å². The third kappa shape index (κ3) is 3.44. The lowest BCUT2D eigenvalue weighted by molar-refractivity contribution is 0.668. The van der Waals surface area contributed by atoms with Crippen LogP contribution in [0, 0.1) is 0 Å². The van der Waals surface area contributed by atoms with Gasteiger partial charge >= 0.3 is 0 Å². The molecule has 3 aromatic heterocycles. The average molecular weight is 585 g/mol. The van der Waals surface area contributed by atoms with Gasteiger partial charge in [-0.05, 0) is 82.4 Å². The van der Waals surface area contributed by atoms with Gasteiger partial charge in [0.2, 0.25) is 0 Å². The number of benzene rings is 6. The van der Waals surface area contributed by atoms with Gasteiger partial charge < -0.3 is 19.1 Å². The molecule has 0 radical (unpaired) electrons. The van der Waals surface area contributed by atoms with Crippen LogP contribution in [-0.4, -0.2) is 0 Å². The molecule has 0 unspecified atom stereocenters. The summed E-state index contributed by atoms with van der Waals surface area (Å²) < 4.78 is 13.7. The lowest BCUT2D eigenvalue weighted by atomic mass is 10.0. The first-order valence-corrected chi connectivity index (χ1v) is 15.6. The van der Waals surface area contributed by atoms with Crippen LogP contribution in [0.1, 0.15) is 10.4 Å². The molecule has 0 amide bonds. The second-order valence-electron chi connectivity index (χ2n) is 11.4. The minimum Gasteiger partial charge on any atom is -0.456 e. The highest BCUT2D eigenvalue weighted by Gasteiger charge is 2.26. The summed E-state index contributed by atoms with van der Waals surface area (Å²) in [6.07, 6.45) is 2.17. The Bertz CT molecular complexity index is 2520. The van der Waals surface area contributed by atoms with Gasteiger partial charge in [-0.25, -0.2) is 0 Å². The number of fused-ring (bicyclic) bond motifs is 10. The minimum atomic E-state index is 0.793. The fourth-order valence-corrected chi connectivity index (χ4v) is 8.09. The van der Waals surface area contributed by atoms with Crippen molar-refractivity contribution in [3.8, 4) is 0 Å². The Kier molecular flexibility index (Phi) is 4.90. The van der Waals surface area contributed by atoms with Crippen molar-refractivity contribution in [3.05, 3.63) is 138 Å². The van der Waals surface area contributed by atoms with E-state index in [1.165, 1.54) is 31.3 Å². The molecule has 6 aromatic carbocycles. The van der Waals surface area contributed by atoms with Crippen LogP contribution in [0.2, 0.25) is 0 Å². The third-order valence-electron chi connectivity index (χ3n) is 8.89. The molecule has 0 spiro atoms. The number of nitrogens with zero attached hydrogens (tertiary/aromatic N) is 1. The summed E-state index contributed by atoms with van der Waals surface area (Å²) in [6, 6.07) is 42.9. The number of hydrogen-bond donors (Lipinski definition) is 1. The van der Waals surface area contributed by atoms with Gasteiger partial charge in [-0.15, -0.1) is 11.3 Å². The summed E-state index contributed by atoms with van der Waals surface area (Å²) in [5.74, 6) is 0. The first-order valence-electron chi connectivity index (χ1n) is 14.8. The molecule has 44 heavy (non-hydrogen) atoms. The molecule has 0 bridgehead atoms. The van der Waals surface area contributed by atoms with E-state index in [0.717, 1.165) is 67.5 Å². The van der Waals surface area contributed by atoms with Crippen molar-refractivity contribution >= 4 is 93.1 Å². The standard InChI is InChI=1S/C39H24N2O2S/c1-2-8-24-18-38-31(17-23(24)7-1)32-21-40-22-33(39(32)44-38)41(25-13-15-36-29(19-25)27-9-3-5-11-34(27)42-36)26-14-16-37-30(20-26)28-10-4-6-12-35(28)43-37/h1-20,22,40H,21H2. The van der Waals surface area contributed by atoms with Gasteiger partial charge in [0.05, 0.1) is 10.6 Å². The van der Waals surface area contributed by atoms with Gasteiger partial charge in [0.25, 0.3) is 0 Å². The summed E-state index contributed by atoms with van der Waals surface area (Å²) in [5.41, 5.74) is 8.16. The third-order valence-corrected chi connectivity index (χ3v) is 10.1. The Morgan fingerprint density at radius 3 is 1.77 bits per heavy atom. The van der Waals surface area contributed by atoms with Crippen molar-refractivity contribution < 1.29 is 8.83 Å². The van der Waals surface area contributed by atoms with E-state index in [9.17, 15) is 0 Å². The van der Waals surface area contributed by atoms with Crippen molar-refractivity contribution in [2.75, 3.05) is 4.90 Å². The van der Waals surface area contributed by atoms with E-state index < -0.39 is 0 Å². The van der Waals surface area contributed by atoms with Gasteiger partial charge in [0, 0.05) is 50.4 Å². The van der Waals surface area contributed by atoms with Crippen LogP contribution >= 0.6 is 11.3 Å². The maximum absolute atomic E-state index is 6.21. The molecule has 5 heteroatoms. The molecule has 0 aliphatic carbocycles. The first-order chi connectivity index (χ1) is 21.8. The highest BCUT2D eigenvalue weighted by molar-refractivity contribution is 7.20. The van der Waals surface area contributed by atoms with Crippen LogP contribution in [0.3, 0.4) is 0 Å². The quantitative estimate of drug-likeness (QED) is 0.224. The predicted molar refractivity (Wildman–Crippen MR) is 184 cm³/mol. The van der Waals surface area contributed by atoms with Gasteiger partial charge in [0.15, 0.2) is 0 Å². The molecular formula is C39H24N2O2S. The number of thiophene rings is 1. The topological polar surface area (TPSA) is 41.6 Å². The second-order valence-corrected chi connectivity index (χ2v) is 12.5. The normalized spacial score (nSPS) is 13.2. The van der Waals surface area contributed by atoms with Crippen LogP contribution in [0.4, 0.5) is 11.4 Å². The highest BCUT2D eigenvalue weighted by atomic mass is 32.1. The van der Waals surface area contributed by atoms with E-state index in [1.54, 1.807) is 0 Å². The molecular weight excluding hydrogens is 561 g/mol. The Balaban J connectivity index is 1.23. The van der Waals surface area contributed by atoms with Crippen molar-refractivity contribution in [3.63, 3.8) is 0 Å². The van der Waals surface area contributed by atoms with E-state index >= 15 is 0 Å². The molecule has 1 aliphatic heterocycles. The average Bonchev–Trinajstić information content (AvgIpc) is 3.75. The maximum Gasteiger partial charge on any atom is 0.135 e. The van der Waals surface area contributed by atoms with Crippen LogP contribution in [0.5, 0.6) is 0 Å². The molecule has 208 valence electrons. The van der Waals surface area contributed by atoms with Crippen LogP contribution in [-0.2, 0) is 6.54 Å². The van der Waals surface area contributed by atoms with Crippen molar-refractivity contribution in [1.82, 2.24) is 5.32 Å². The lowest BCUT2D eigenvalue weighted by Gasteiger charge is -2.30. The number of furan rings is 2. The highest BCUT2D eigenvalue weighted by Crippen LogP contribution is 2.46. The van der Waals surface area contributed by atoms with Crippen LogP contribution in [0.25, 0.3) is 70.4 Å². The van der Waals surface area contributed by atoms with E-state index in [1.807, 2.05) is 35.6 Å². The Labute approximate surface area is 256 Å². The Hall–Kier alpha value is -5.52. The maximum atomic E-state index is 6.21. The molecule has 4 nitrogen and oxygen atoms in total. The van der Waals surface area contributed by atoms with Crippen LogP contribution < -0.4 is 10.2 Å². The zero-order chi connectivity index (χ0) is 28.8.